The Balaban J connectivity index is 2.91. The highest BCUT2D eigenvalue weighted by atomic mass is 16.5. The summed E-state index contributed by atoms with van der Waals surface area (Å²) in [6.45, 7) is 7.19. The van der Waals surface area contributed by atoms with Gasteiger partial charge in [0, 0.05) is 17.8 Å². The number of rotatable bonds is 5. The summed E-state index contributed by atoms with van der Waals surface area (Å²) in [7, 11) is 1.68. The topological polar surface area (TPSA) is 38.5 Å². The van der Waals surface area contributed by atoms with Crippen LogP contribution in [0.15, 0.2) is 18.2 Å². The minimum absolute atomic E-state index is 0.807. The molecule has 0 spiro atoms. The molecule has 84 valence electrons. The van der Waals surface area contributed by atoms with Crippen molar-refractivity contribution >= 4 is 5.69 Å². The van der Waals surface area contributed by atoms with E-state index < -0.39 is 0 Å². The third-order valence-electron chi connectivity index (χ3n) is 2.67. The average molecular weight is 208 g/mol. The molecule has 1 aromatic carbocycles. The van der Waals surface area contributed by atoms with Crippen LogP contribution in [0.1, 0.15) is 19.4 Å². The van der Waals surface area contributed by atoms with E-state index >= 15 is 0 Å². The molecule has 3 heteroatoms. The van der Waals surface area contributed by atoms with Gasteiger partial charge < -0.3 is 10.5 Å². The monoisotopic (exact) mass is 208 g/mol. The van der Waals surface area contributed by atoms with Gasteiger partial charge in [-0.25, -0.2) is 0 Å². The van der Waals surface area contributed by atoms with Crippen LogP contribution in [0.4, 0.5) is 5.69 Å². The van der Waals surface area contributed by atoms with Crippen molar-refractivity contribution in [1.29, 1.82) is 0 Å². The first-order valence-electron chi connectivity index (χ1n) is 5.36. The molecular formula is C12H20N2O. The molecule has 15 heavy (non-hydrogen) atoms. The molecule has 3 nitrogen and oxygen atoms in total. The summed E-state index contributed by atoms with van der Waals surface area (Å²) >= 11 is 0. The second kappa shape index (κ2) is 5.61. The number of hydrogen-bond donors (Lipinski definition) is 1. The van der Waals surface area contributed by atoms with Crippen molar-refractivity contribution in [3.8, 4) is 5.75 Å². The Labute approximate surface area is 91.8 Å². The molecule has 0 saturated heterocycles. The molecule has 0 radical (unpaired) electrons. The number of ether oxygens (including phenoxy) is 1. The summed E-state index contributed by atoms with van der Waals surface area (Å²) < 4.78 is 5.31. The van der Waals surface area contributed by atoms with Gasteiger partial charge in [0.1, 0.15) is 5.75 Å². The maximum Gasteiger partial charge on any atom is 0.125 e. The van der Waals surface area contributed by atoms with Gasteiger partial charge >= 0.3 is 0 Å². The van der Waals surface area contributed by atoms with Gasteiger partial charge in [-0.2, -0.15) is 0 Å². The van der Waals surface area contributed by atoms with Crippen molar-refractivity contribution in [2.24, 2.45) is 0 Å². The van der Waals surface area contributed by atoms with Crippen molar-refractivity contribution in [2.75, 3.05) is 25.9 Å². The Kier molecular flexibility index (Phi) is 4.43. The molecule has 2 N–H and O–H groups in total. The molecule has 0 aliphatic rings. The highest BCUT2D eigenvalue weighted by Crippen LogP contribution is 2.25. The van der Waals surface area contributed by atoms with Gasteiger partial charge in [-0.05, 0) is 25.2 Å². The minimum Gasteiger partial charge on any atom is -0.496 e. The molecule has 0 fully saturated rings. The van der Waals surface area contributed by atoms with Gasteiger partial charge in [-0.3, -0.25) is 4.90 Å². The highest BCUT2D eigenvalue weighted by Gasteiger charge is 2.09. The van der Waals surface area contributed by atoms with Gasteiger partial charge in [0.15, 0.2) is 0 Å². The van der Waals surface area contributed by atoms with Crippen molar-refractivity contribution in [1.82, 2.24) is 4.90 Å². The van der Waals surface area contributed by atoms with Crippen LogP contribution in [0.2, 0.25) is 0 Å². The third-order valence-corrected chi connectivity index (χ3v) is 2.67. The lowest BCUT2D eigenvalue weighted by Crippen LogP contribution is -2.23. The fraction of sp³-hybridized carbons (Fsp3) is 0.500. The quantitative estimate of drug-likeness (QED) is 0.753. The number of nitrogens with two attached hydrogens (primary N) is 1. The fourth-order valence-electron chi connectivity index (χ4n) is 1.61. The predicted molar refractivity (Wildman–Crippen MR) is 64.0 cm³/mol. The molecule has 0 aliphatic carbocycles. The van der Waals surface area contributed by atoms with Gasteiger partial charge in [-0.1, -0.05) is 19.9 Å². The van der Waals surface area contributed by atoms with E-state index in [0.717, 1.165) is 36.6 Å². The van der Waals surface area contributed by atoms with Crippen LogP contribution in [0.3, 0.4) is 0 Å². The van der Waals surface area contributed by atoms with E-state index in [0.29, 0.717) is 0 Å². The van der Waals surface area contributed by atoms with Crippen LogP contribution in [0, 0.1) is 0 Å². The molecule has 0 heterocycles. The number of methoxy groups -OCH3 is 1. The molecule has 0 atom stereocenters. The summed E-state index contributed by atoms with van der Waals surface area (Å²) in [6.07, 6.45) is 0. The molecular weight excluding hydrogens is 188 g/mol. The lowest BCUT2D eigenvalue weighted by Gasteiger charge is -2.20. The zero-order chi connectivity index (χ0) is 11.3. The largest absolute Gasteiger partial charge is 0.496 e. The van der Waals surface area contributed by atoms with E-state index in [2.05, 4.69) is 18.7 Å². The first-order chi connectivity index (χ1) is 7.22. The first-order valence-corrected chi connectivity index (χ1v) is 5.36. The van der Waals surface area contributed by atoms with Crippen molar-refractivity contribution in [3.63, 3.8) is 0 Å². The molecule has 0 amide bonds. The molecule has 0 unspecified atom stereocenters. The van der Waals surface area contributed by atoms with Gasteiger partial charge in [-0.15, -0.1) is 0 Å². The number of nitrogens with zero attached hydrogens (tertiary/aromatic N) is 1. The number of benzene rings is 1. The summed E-state index contributed by atoms with van der Waals surface area (Å²) in [6, 6.07) is 5.79. The second-order valence-corrected chi connectivity index (χ2v) is 3.49. The van der Waals surface area contributed by atoms with Crippen LogP contribution in [0.5, 0.6) is 5.75 Å². The summed E-state index contributed by atoms with van der Waals surface area (Å²) in [5.41, 5.74) is 7.84. The summed E-state index contributed by atoms with van der Waals surface area (Å²) in [5, 5.41) is 0. The molecule has 1 rings (SSSR count). The van der Waals surface area contributed by atoms with Crippen LogP contribution >= 0.6 is 0 Å². The van der Waals surface area contributed by atoms with Crippen molar-refractivity contribution < 1.29 is 4.74 Å². The van der Waals surface area contributed by atoms with Crippen LogP contribution in [-0.2, 0) is 6.54 Å². The van der Waals surface area contributed by atoms with Gasteiger partial charge in [0.2, 0.25) is 0 Å². The zero-order valence-corrected chi connectivity index (χ0v) is 9.79. The predicted octanol–water partition coefficient (Wildman–Crippen LogP) is 2.12. The Hall–Kier alpha value is -1.22. The normalized spacial score (nSPS) is 10.7. The van der Waals surface area contributed by atoms with E-state index in [1.807, 2.05) is 18.2 Å². The molecule has 0 saturated carbocycles. The van der Waals surface area contributed by atoms with E-state index in [4.69, 9.17) is 10.5 Å². The zero-order valence-electron chi connectivity index (χ0n) is 9.79. The van der Waals surface area contributed by atoms with Crippen LogP contribution in [0.25, 0.3) is 0 Å². The lowest BCUT2D eigenvalue weighted by atomic mass is 10.1. The average Bonchev–Trinajstić information content (AvgIpc) is 2.27. The number of nitrogen functional groups attached to an aromatic ring is 1. The highest BCUT2D eigenvalue weighted by molar-refractivity contribution is 5.54. The van der Waals surface area contributed by atoms with Crippen molar-refractivity contribution in [3.05, 3.63) is 23.8 Å². The van der Waals surface area contributed by atoms with E-state index in [1.165, 1.54) is 0 Å². The first kappa shape index (κ1) is 11.9. The van der Waals surface area contributed by atoms with Gasteiger partial charge in [0.25, 0.3) is 0 Å². The third kappa shape index (κ3) is 2.86. The van der Waals surface area contributed by atoms with E-state index in [-0.39, 0.29) is 0 Å². The standard InChI is InChI=1S/C12H20N2O/c1-4-14(5-2)9-10-11(13)7-6-8-12(10)15-3/h6-8H,4-5,9,13H2,1-3H3. The van der Waals surface area contributed by atoms with E-state index in [1.54, 1.807) is 7.11 Å². The van der Waals surface area contributed by atoms with Crippen LogP contribution < -0.4 is 10.5 Å². The Morgan fingerprint density at radius 1 is 1.27 bits per heavy atom. The molecule has 0 aromatic heterocycles. The Bertz CT molecular complexity index is 308. The Morgan fingerprint density at radius 2 is 1.93 bits per heavy atom. The van der Waals surface area contributed by atoms with Crippen molar-refractivity contribution in [2.45, 2.75) is 20.4 Å². The molecule has 0 aliphatic heterocycles. The molecule has 0 bridgehead atoms. The maximum atomic E-state index is 5.95. The smallest absolute Gasteiger partial charge is 0.125 e. The minimum atomic E-state index is 0.807. The second-order valence-electron chi connectivity index (χ2n) is 3.49. The maximum absolute atomic E-state index is 5.95. The van der Waals surface area contributed by atoms with Gasteiger partial charge in [0.05, 0.1) is 7.11 Å². The SMILES string of the molecule is CCN(CC)Cc1c(N)cccc1OC. The fourth-order valence-corrected chi connectivity index (χ4v) is 1.61. The summed E-state index contributed by atoms with van der Waals surface area (Å²) in [4.78, 5) is 2.31. The lowest BCUT2D eigenvalue weighted by molar-refractivity contribution is 0.290. The van der Waals surface area contributed by atoms with Crippen LogP contribution in [-0.4, -0.2) is 25.1 Å². The number of anilines is 1. The summed E-state index contributed by atoms with van der Waals surface area (Å²) in [5.74, 6) is 0.877. The van der Waals surface area contributed by atoms with E-state index in [9.17, 15) is 0 Å². The molecule has 1 aromatic rings. The Morgan fingerprint density at radius 3 is 2.47 bits per heavy atom. The number of hydrogen-bond acceptors (Lipinski definition) is 3.